The van der Waals surface area contributed by atoms with Gasteiger partial charge in [-0.05, 0) is 6.07 Å². The van der Waals surface area contributed by atoms with Crippen molar-refractivity contribution < 1.29 is 0 Å². The number of nitrogens with zero attached hydrogens (tertiary/aromatic N) is 3. The summed E-state index contributed by atoms with van der Waals surface area (Å²) in [7, 11) is 1.64. The SMILES string of the molecule is CN=CC(=CN)c1cnc(Cl)c(C#N)c1. The van der Waals surface area contributed by atoms with Crippen LogP contribution in [0.3, 0.4) is 0 Å². The van der Waals surface area contributed by atoms with Crippen LogP contribution in [-0.4, -0.2) is 18.2 Å². The second-order valence-corrected chi connectivity index (χ2v) is 3.04. The summed E-state index contributed by atoms with van der Waals surface area (Å²) >= 11 is 5.70. The maximum absolute atomic E-state index is 8.77. The third-order valence-electron chi connectivity index (χ3n) is 1.74. The van der Waals surface area contributed by atoms with Crippen LogP contribution in [0.2, 0.25) is 5.15 Å². The van der Waals surface area contributed by atoms with Gasteiger partial charge >= 0.3 is 0 Å². The van der Waals surface area contributed by atoms with E-state index in [4.69, 9.17) is 22.6 Å². The third-order valence-corrected chi connectivity index (χ3v) is 2.04. The molecule has 0 atom stereocenters. The number of aromatic nitrogens is 1. The van der Waals surface area contributed by atoms with Gasteiger partial charge in [-0.2, -0.15) is 5.26 Å². The first-order valence-corrected chi connectivity index (χ1v) is 4.50. The molecule has 0 radical (unpaired) electrons. The van der Waals surface area contributed by atoms with Crippen LogP contribution in [0, 0.1) is 11.3 Å². The maximum atomic E-state index is 8.77. The first kappa shape index (κ1) is 11.2. The largest absolute Gasteiger partial charge is 0.404 e. The fourth-order valence-corrected chi connectivity index (χ4v) is 1.18. The number of allylic oxidation sites excluding steroid dienone is 1. The van der Waals surface area contributed by atoms with Gasteiger partial charge in [0.2, 0.25) is 0 Å². The highest BCUT2D eigenvalue weighted by molar-refractivity contribution is 6.30. The number of aliphatic imine (C=N–C) groups is 1. The van der Waals surface area contributed by atoms with E-state index in [-0.39, 0.29) is 5.15 Å². The zero-order valence-corrected chi connectivity index (χ0v) is 8.86. The summed E-state index contributed by atoms with van der Waals surface area (Å²) in [4.78, 5) is 7.73. The molecule has 1 rings (SSSR count). The number of rotatable bonds is 2. The summed E-state index contributed by atoms with van der Waals surface area (Å²) in [6.45, 7) is 0. The van der Waals surface area contributed by atoms with Gasteiger partial charge in [0.15, 0.2) is 0 Å². The molecule has 76 valence electrons. The molecule has 1 aromatic rings. The molecule has 5 heteroatoms. The Kier molecular flexibility index (Phi) is 3.83. The van der Waals surface area contributed by atoms with Crippen LogP contribution in [-0.2, 0) is 0 Å². The molecule has 0 saturated heterocycles. The predicted molar refractivity (Wildman–Crippen MR) is 60.5 cm³/mol. The molecular formula is C10H9ClN4. The Balaban J connectivity index is 3.23. The molecule has 0 amide bonds. The van der Waals surface area contributed by atoms with Crippen molar-refractivity contribution >= 4 is 23.4 Å². The number of hydrogen-bond donors (Lipinski definition) is 1. The van der Waals surface area contributed by atoms with E-state index >= 15 is 0 Å². The van der Waals surface area contributed by atoms with E-state index in [1.54, 1.807) is 25.5 Å². The highest BCUT2D eigenvalue weighted by Gasteiger charge is 2.04. The summed E-state index contributed by atoms with van der Waals surface area (Å²) in [5, 5.41) is 8.95. The molecular weight excluding hydrogens is 212 g/mol. The van der Waals surface area contributed by atoms with Gasteiger partial charge in [0.1, 0.15) is 11.2 Å². The molecule has 0 fully saturated rings. The molecule has 15 heavy (non-hydrogen) atoms. The second kappa shape index (κ2) is 5.13. The minimum Gasteiger partial charge on any atom is -0.404 e. The van der Waals surface area contributed by atoms with Crippen molar-refractivity contribution in [2.24, 2.45) is 10.7 Å². The highest BCUT2D eigenvalue weighted by Crippen LogP contribution is 2.17. The lowest BCUT2D eigenvalue weighted by molar-refractivity contribution is 1.28. The Labute approximate surface area is 92.7 Å². The fourth-order valence-electron chi connectivity index (χ4n) is 1.04. The van der Waals surface area contributed by atoms with E-state index in [2.05, 4.69) is 9.98 Å². The van der Waals surface area contributed by atoms with E-state index < -0.39 is 0 Å². The van der Waals surface area contributed by atoms with Gasteiger partial charge in [-0.3, -0.25) is 4.99 Å². The number of nitriles is 1. The summed E-state index contributed by atoms with van der Waals surface area (Å²) in [6, 6.07) is 3.57. The summed E-state index contributed by atoms with van der Waals surface area (Å²) in [5.74, 6) is 0. The van der Waals surface area contributed by atoms with E-state index in [9.17, 15) is 0 Å². The average molecular weight is 221 g/mol. The zero-order valence-electron chi connectivity index (χ0n) is 8.11. The summed E-state index contributed by atoms with van der Waals surface area (Å²) in [6.07, 6.45) is 4.54. The minimum atomic E-state index is 0.186. The first-order chi connectivity index (χ1) is 7.22. The van der Waals surface area contributed by atoms with Gasteiger partial charge < -0.3 is 5.73 Å². The van der Waals surface area contributed by atoms with Crippen molar-refractivity contribution in [3.05, 3.63) is 34.7 Å². The quantitative estimate of drug-likeness (QED) is 0.608. The predicted octanol–water partition coefficient (Wildman–Crippen LogP) is 1.61. The highest BCUT2D eigenvalue weighted by atomic mass is 35.5. The number of halogens is 1. The molecule has 0 aromatic carbocycles. The minimum absolute atomic E-state index is 0.186. The third kappa shape index (κ3) is 2.55. The molecule has 0 aliphatic carbocycles. The molecule has 1 heterocycles. The van der Waals surface area contributed by atoms with E-state index in [0.717, 1.165) is 0 Å². The van der Waals surface area contributed by atoms with Crippen LogP contribution in [0.5, 0.6) is 0 Å². The fraction of sp³-hybridized carbons (Fsp3) is 0.100. The zero-order chi connectivity index (χ0) is 11.3. The summed E-state index contributed by atoms with van der Waals surface area (Å²) in [5.41, 5.74) is 7.15. The molecule has 0 unspecified atom stereocenters. The lowest BCUT2D eigenvalue weighted by Crippen LogP contribution is -1.94. The van der Waals surface area contributed by atoms with Gasteiger partial charge in [-0.25, -0.2) is 4.98 Å². The topological polar surface area (TPSA) is 75.1 Å². The number of nitrogens with two attached hydrogens (primary N) is 1. The first-order valence-electron chi connectivity index (χ1n) is 4.13. The van der Waals surface area contributed by atoms with Crippen LogP contribution in [0.15, 0.2) is 23.5 Å². The molecule has 0 spiro atoms. The van der Waals surface area contributed by atoms with Gasteiger partial charge in [0, 0.05) is 36.8 Å². The monoisotopic (exact) mass is 220 g/mol. The van der Waals surface area contributed by atoms with Crippen LogP contribution in [0.25, 0.3) is 5.57 Å². The van der Waals surface area contributed by atoms with Gasteiger partial charge in [0.05, 0.1) is 5.56 Å². The van der Waals surface area contributed by atoms with E-state index in [1.807, 2.05) is 6.07 Å². The maximum Gasteiger partial charge on any atom is 0.146 e. The molecule has 0 bridgehead atoms. The molecule has 0 aliphatic heterocycles. The lowest BCUT2D eigenvalue weighted by atomic mass is 10.1. The van der Waals surface area contributed by atoms with Crippen molar-refractivity contribution in [2.75, 3.05) is 7.05 Å². The van der Waals surface area contributed by atoms with Crippen molar-refractivity contribution in [2.45, 2.75) is 0 Å². The van der Waals surface area contributed by atoms with Gasteiger partial charge in [-0.15, -0.1) is 0 Å². The van der Waals surface area contributed by atoms with Crippen molar-refractivity contribution in [3.63, 3.8) is 0 Å². The van der Waals surface area contributed by atoms with Gasteiger partial charge in [-0.1, -0.05) is 11.6 Å². The Morgan fingerprint density at radius 3 is 3.00 bits per heavy atom. The Bertz CT molecular complexity index is 457. The molecule has 2 N–H and O–H groups in total. The van der Waals surface area contributed by atoms with Crippen LogP contribution in [0.1, 0.15) is 11.1 Å². The Hall–Kier alpha value is -1.86. The normalized spacial score (nSPS) is 11.7. The molecule has 0 aliphatic rings. The smallest absolute Gasteiger partial charge is 0.146 e. The Morgan fingerprint density at radius 1 is 1.73 bits per heavy atom. The van der Waals surface area contributed by atoms with E-state index in [0.29, 0.717) is 16.7 Å². The summed E-state index contributed by atoms with van der Waals surface area (Å²) < 4.78 is 0. The van der Waals surface area contributed by atoms with Crippen molar-refractivity contribution in [1.82, 2.24) is 4.98 Å². The molecule has 4 nitrogen and oxygen atoms in total. The molecule has 1 aromatic heterocycles. The van der Waals surface area contributed by atoms with Crippen LogP contribution in [0.4, 0.5) is 0 Å². The standard InChI is InChI=1S/C10H9ClN4/c1-14-5-9(4-13)8-2-7(3-12)10(11)15-6-8/h2,4-6H,13H2,1H3. The lowest BCUT2D eigenvalue weighted by Gasteiger charge is -2.01. The van der Waals surface area contributed by atoms with Crippen molar-refractivity contribution in [1.29, 1.82) is 5.26 Å². The average Bonchev–Trinajstić information content (AvgIpc) is 2.27. The number of hydrogen-bond acceptors (Lipinski definition) is 4. The second-order valence-electron chi connectivity index (χ2n) is 2.68. The Morgan fingerprint density at radius 2 is 2.47 bits per heavy atom. The number of pyridine rings is 1. The molecule has 0 saturated carbocycles. The van der Waals surface area contributed by atoms with Crippen LogP contribution < -0.4 is 5.73 Å². The van der Waals surface area contributed by atoms with Crippen LogP contribution >= 0.6 is 11.6 Å². The van der Waals surface area contributed by atoms with Crippen molar-refractivity contribution in [3.8, 4) is 6.07 Å². The van der Waals surface area contributed by atoms with E-state index in [1.165, 1.54) is 6.20 Å². The van der Waals surface area contributed by atoms with Gasteiger partial charge in [0.25, 0.3) is 0 Å².